The topological polar surface area (TPSA) is 50.7 Å². The highest BCUT2D eigenvalue weighted by atomic mass is 35.5. The fourth-order valence-corrected chi connectivity index (χ4v) is 2.10. The summed E-state index contributed by atoms with van der Waals surface area (Å²) in [4.78, 5) is 12.8. The van der Waals surface area contributed by atoms with Gasteiger partial charge in [0, 0.05) is 30.6 Å². The van der Waals surface area contributed by atoms with Crippen molar-refractivity contribution in [2.45, 2.75) is 6.54 Å². The molecule has 0 aliphatic rings. The number of hydrogen-bond donors (Lipinski definition) is 1. The zero-order valence-corrected chi connectivity index (χ0v) is 12.0. The van der Waals surface area contributed by atoms with Gasteiger partial charge >= 0.3 is 0 Å². The van der Waals surface area contributed by atoms with Crippen molar-refractivity contribution < 1.29 is 0 Å². The quantitative estimate of drug-likeness (QED) is 0.744. The minimum atomic E-state index is 0.402. The van der Waals surface area contributed by atoms with Crippen LogP contribution in [0.2, 0.25) is 5.15 Å². The van der Waals surface area contributed by atoms with Gasteiger partial charge in [0.05, 0.1) is 0 Å². The van der Waals surface area contributed by atoms with E-state index in [1.807, 2.05) is 30.3 Å². The molecule has 0 aliphatic carbocycles. The Kier molecular flexibility index (Phi) is 4.07. The summed E-state index contributed by atoms with van der Waals surface area (Å²) in [6.07, 6.45) is 3.43. The summed E-state index contributed by atoms with van der Waals surface area (Å²) in [7, 11) is 0. The first-order valence-electron chi connectivity index (χ1n) is 6.54. The molecular weight excluding hydrogens is 284 g/mol. The summed E-state index contributed by atoms with van der Waals surface area (Å²) in [5.41, 5.74) is 2.01. The molecule has 0 spiro atoms. The molecule has 0 aliphatic heterocycles. The molecule has 0 unspecified atom stereocenters. The maximum atomic E-state index is 6.07. The van der Waals surface area contributed by atoms with Crippen LogP contribution in [0, 0.1) is 0 Å². The predicted octanol–water partition coefficient (Wildman–Crippen LogP) is 3.80. The Morgan fingerprint density at radius 3 is 2.62 bits per heavy atom. The molecule has 5 heteroatoms. The molecule has 3 rings (SSSR count). The van der Waals surface area contributed by atoms with Crippen LogP contribution >= 0.6 is 11.6 Å². The van der Waals surface area contributed by atoms with Crippen LogP contribution in [-0.2, 0) is 6.54 Å². The maximum Gasteiger partial charge on any atom is 0.164 e. The molecule has 0 atom stereocenters. The van der Waals surface area contributed by atoms with Crippen LogP contribution in [-0.4, -0.2) is 15.0 Å². The molecule has 3 aromatic rings. The van der Waals surface area contributed by atoms with Crippen molar-refractivity contribution in [3.63, 3.8) is 0 Å². The largest absolute Gasteiger partial charge is 0.366 e. The lowest BCUT2D eigenvalue weighted by Gasteiger charge is -2.08. The van der Waals surface area contributed by atoms with Crippen molar-refractivity contribution in [1.82, 2.24) is 15.0 Å². The average Bonchev–Trinajstić information content (AvgIpc) is 2.54. The summed E-state index contributed by atoms with van der Waals surface area (Å²) in [5, 5.41) is 3.66. The molecule has 0 fully saturated rings. The van der Waals surface area contributed by atoms with Crippen LogP contribution in [0.3, 0.4) is 0 Å². The highest BCUT2D eigenvalue weighted by Gasteiger charge is 2.06. The summed E-state index contributed by atoms with van der Waals surface area (Å²) >= 11 is 6.07. The Morgan fingerprint density at radius 2 is 1.86 bits per heavy atom. The van der Waals surface area contributed by atoms with E-state index < -0.39 is 0 Å². The lowest BCUT2D eigenvalue weighted by Crippen LogP contribution is -2.03. The number of nitrogens with one attached hydrogen (secondary N) is 1. The molecule has 104 valence electrons. The second-order valence-electron chi connectivity index (χ2n) is 4.48. The second kappa shape index (κ2) is 6.33. The molecule has 4 nitrogen and oxygen atoms in total. The minimum absolute atomic E-state index is 0.402. The number of rotatable bonds is 4. The Labute approximate surface area is 127 Å². The molecule has 0 radical (unpaired) electrons. The number of benzene rings is 1. The van der Waals surface area contributed by atoms with Crippen LogP contribution < -0.4 is 5.32 Å². The third-order valence-electron chi connectivity index (χ3n) is 2.93. The van der Waals surface area contributed by atoms with Gasteiger partial charge in [-0.15, -0.1) is 0 Å². The Balaban J connectivity index is 1.82. The first kappa shape index (κ1) is 13.5. The van der Waals surface area contributed by atoms with E-state index in [9.17, 15) is 0 Å². The van der Waals surface area contributed by atoms with Gasteiger partial charge in [-0.05, 0) is 17.7 Å². The van der Waals surface area contributed by atoms with Crippen LogP contribution in [0.1, 0.15) is 5.56 Å². The smallest absolute Gasteiger partial charge is 0.164 e. The van der Waals surface area contributed by atoms with Crippen LogP contribution in [0.15, 0.2) is 60.9 Å². The van der Waals surface area contributed by atoms with E-state index >= 15 is 0 Å². The van der Waals surface area contributed by atoms with Gasteiger partial charge in [0.25, 0.3) is 0 Å². The number of hydrogen-bond acceptors (Lipinski definition) is 4. The van der Waals surface area contributed by atoms with E-state index in [1.165, 1.54) is 5.56 Å². The van der Waals surface area contributed by atoms with Gasteiger partial charge in [0.15, 0.2) is 5.82 Å². The molecule has 21 heavy (non-hydrogen) atoms. The Bertz CT molecular complexity index is 717. The van der Waals surface area contributed by atoms with Crippen molar-refractivity contribution in [2.24, 2.45) is 0 Å². The monoisotopic (exact) mass is 296 g/mol. The normalized spacial score (nSPS) is 10.3. The van der Waals surface area contributed by atoms with Crippen molar-refractivity contribution in [1.29, 1.82) is 0 Å². The van der Waals surface area contributed by atoms with E-state index in [1.54, 1.807) is 18.5 Å². The van der Waals surface area contributed by atoms with Crippen molar-refractivity contribution >= 4 is 17.4 Å². The molecule has 2 heterocycles. The summed E-state index contributed by atoms with van der Waals surface area (Å²) in [5.74, 6) is 1.25. The number of aromatic nitrogens is 3. The van der Waals surface area contributed by atoms with Gasteiger partial charge in [-0.1, -0.05) is 41.9 Å². The first-order valence-corrected chi connectivity index (χ1v) is 6.92. The standard InChI is InChI=1S/C16H13ClN4/c17-14-9-15(19-10-12-5-2-1-3-6-12)21-16(20-14)13-7-4-8-18-11-13/h1-9,11H,10H2,(H,19,20,21). The highest BCUT2D eigenvalue weighted by Crippen LogP contribution is 2.19. The van der Waals surface area contributed by atoms with E-state index in [4.69, 9.17) is 11.6 Å². The molecule has 0 saturated heterocycles. The zero-order valence-electron chi connectivity index (χ0n) is 11.2. The lowest BCUT2D eigenvalue weighted by molar-refractivity contribution is 1.08. The first-order chi connectivity index (χ1) is 10.3. The van der Waals surface area contributed by atoms with Crippen molar-refractivity contribution in [3.8, 4) is 11.4 Å². The number of halogens is 1. The van der Waals surface area contributed by atoms with E-state index in [0.29, 0.717) is 23.3 Å². The third kappa shape index (κ3) is 3.55. The zero-order chi connectivity index (χ0) is 14.5. The molecule has 1 aromatic carbocycles. The van der Waals surface area contributed by atoms with Gasteiger partial charge in [0.1, 0.15) is 11.0 Å². The van der Waals surface area contributed by atoms with Crippen LogP contribution in [0.25, 0.3) is 11.4 Å². The summed E-state index contributed by atoms with van der Waals surface area (Å²) in [6, 6.07) is 15.6. The third-order valence-corrected chi connectivity index (χ3v) is 3.12. The number of nitrogens with zero attached hydrogens (tertiary/aromatic N) is 3. The Morgan fingerprint density at radius 1 is 1.00 bits per heavy atom. The molecule has 1 N–H and O–H groups in total. The molecule has 0 saturated carbocycles. The van der Waals surface area contributed by atoms with E-state index in [0.717, 1.165) is 5.56 Å². The Hall–Kier alpha value is -2.46. The average molecular weight is 297 g/mol. The van der Waals surface area contributed by atoms with Gasteiger partial charge in [-0.2, -0.15) is 0 Å². The number of anilines is 1. The number of pyridine rings is 1. The van der Waals surface area contributed by atoms with Crippen LogP contribution in [0.5, 0.6) is 0 Å². The van der Waals surface area contributed by atoms with Gasteiger partial charge in [-0.3, -0.25) is 4.98 Å². The van der Waals surface area contributed by atoms with Crippen molar-refractivity contribution in [2.75, 3.05) is 5.32 Å². The summed E-state index contributed by atoms with van der Waals surface area (Å²) in [6.45, 7) is 0.681. The fraction of sp³-hybridized carbons (Fsp3) is 0.0625. The van der Waals surface area contributed by atoms with Crippen molar-refractivity contribution in [3.05, 3.63) is 71.6 Å². The molecule has 0 amide bonds. The SMILES string of the molecule is Clc1cc(NCc2ccccc2)nc(-c2cccnc2)n1. The molecule has 2 aromatic heterocycles. The highest BCUT2D eigenvalue weighted by molar-refractivity contribution is 6.29. The predicted molar refractivity (Wildman–Crippen MR) is 84.0 cm³/mol. The van der Waals surface area contributed by atoms with Gasteiger partial charge < -0.3 is 5.32 Å². The van der Waals surface area contributed by atoms with Crippen LogP contribution in [0.4, 0.5) is 5.82 Å². The minimum Gasteiger partial charge on any atom is -0.366 e. The molecule has 0 bridgehead atoms. The summed E-state index contributed by atoms with van der Waals surface area (Å²) < 4.78 is 0. The maximum absolute atomic E-state index is 6.07. The second-order valence-corrected chi connectivity index (χ2v) is 4.87. The molecular formula is C16H13ClN4. The van der Waals surface area contributed by atoms with Gasteiger partial charge in [0.2, 0.25) is 0 Å². The van der Waals surface area contributed by atoms with E-state index in [-0.39, 0.29) is 0 Å². The fourth-order valence-electron chi connectivity index (χ4n) is 1.92. The van der Waals surface area contributed by atoms with E-state index in [2.05, 4.69) is 32.4 Å². The van der Waals surface area contributed by atoms with Gasteiger partial charge in [-0.25, -0.2) is 9.97 Å². The lowest BCUT2D eigenvalue weighted by atomic mass is 10.2.